The maximum absolute atomic E-state index is 15.3. The highest BCUT2D eigenvalue weighted by Gasteiger charge is 2.85. The van der Waals surface area contributed by atoms with Gasteiger partial charge in [-0.05, 0) is 113 Å². The van der Waals surface area contributed by atoms with E-state index in [1.54, 1.807) is 4.90 Å². The second-order valence-electron chi connectivity index (χ2n) is 21.8. The van der Waals surface area contributed by atoms with Gasteiger partial charge in [-0.1, -0.05) is 80.1 Å². The molecule has 2 aliphatic heterocycles. The summed E-state index contributed by atoms with van der Waals surface area (Å²) in [5.74, 6) is -2.39. The standard InChI is InChI=1S/C45H75N7O7S/c1-10-30-25-45(30,40(57)49-60(58,59)50(9)31-20-21-31)48-37(54)33-26-44(42(7,8)43(44)22-16-23-43)27-52(33)39(56)35(41(4,5)6)47-38(55)34(29-17-12-11-13-18-29)46-36(53)32-19-14-15-24-51(32)28(2)3/h28-35H,10-27H2,1-9H3,(H,46,53)(H,47,55)(H,48,54)(H,49,57)/t30-,32+,33+,34?,35-,44-,45-/m1/s1. The molecule has 0 aromatic carbocycles. The van der Waals surface area contributed by atoms with Crippen LogP contribution in [-0.4, -0.2) is 114 Å². The van der Waals surface area contributed by atoms with Crippen molar-refractivity contribution in [3.8, 4) is 0 Å². The summed E-state index contributed by atoms with van der Waals surface area (Å²) >= 11 is 0. The van der Waals surface area contributed by atoms with Crippen molar-refractivity contribution in [2.24, 2.45) is 33.5 Å². The summed E-state index contributed by atoms with van der Waals surface area (Å²) in [6.07, 6.45) is 13.3. The molecule has 5 saturated carbocycles. The Bertz CT molecular complexity index is 1820. The van der Waals surface area contributed by atoms with Crippen LogP contribution in [-0.2, 0) is 34.2 Å². The fraction of sp³-hybridized carbons (Fsp3) is 0.889. The van der Waals surface area contributed by atoms with Gasteiger partial charge in [-0.25, -0.2) is 4.72 Å². The molecule has 0 aromatic heterocycles. The van der Waals surface area contributed by atoms with E-state index in [1.807, 2.05) is 27.7 Å². The summed E-state index contributed by atoms with van der Waals surface area (Å²) in [5, 5.41) is 9.42. The lowest BCUT2D eigenvalue weighted by atomic mass is 9.73. The smallest absolute Gasteiger partial charge is 0.303 e. The van der Waals surface area contributed by atoms with Crippen molar-refractivity contribution in [2.75, 3.05) is 20.1 Å². The number of nitrogens with zero attached hydrogens (tertiary/aromatic N) is 3. The first-order valence-corrected chi connectivity index (χ1v) is 24.8. The van der Waals surface area contributed by atoms with Crippen LogP contribution in [0.15, 0.2) is 0 Å². The number of hydrogen-bond donors (Lipinski definition) is 4. The highest BCUT2D eigenvalue weighted by atomic mass is 32.2. The third kappa shape index (κ3) is 7.70. The molecule has 0 bridgehead atoms. The molecule has 7 aliphatic rings. The second kappa shape index (κ2) is 16.1. The third-order valence-electron chi connectivity index (χ3n) is 17.0. The van der Waals surface area contributed by atoms with Crippen molar-refractivity contribution < 1.29 is 32.4 Å². The predicted octanol–water partition coefficient (Wildman–Crippen LogP) is 4.38. The zero-order valence-electron chi connectivity index (χ0n) is 38.0. The van der Waals surface area contributed by atoms with Crippen LogP contribution in [0.1, 0.15) is 158 Å². The van der Waals surface area contributed by atoms with Crippen LogP contribution in [0.2, 0.25) is 0 Å². The molecular weight excluding hydrogens is 783 g/mol. The largest absolute Gasteiger partial charge is 0.343 e. The maximum atomic E-state index is 15.3. The molecule has 2 heterocycles. The van der Waals surface area contributed by atoms with E-state index in [-0.39, 0.29) is 63.9 Å². The molecule has 60 heavy (non-hydrogen) atoms. The molecule has 15 heteroatoms. The number of piperidine rings is 1. The van der Waals surface area contributed by atoms with Crippen molar-refractivity contribution >= 4 is 39.7 Å². The molecule has 2 spiro atoms. The van der Waals surface area contributed by atoms with Gasteiger partial charge in [-0.3, -0.25) is 28.9 Å². The average Bonchev–Trinajstić information content (AvgIpc) is 4.13. The first-order chi connectivity index (χ1) is 28.1. The van der Waals surface area contributed by atoms with Gasteiger partial charge < -0.3 is 20.9 Å². The van der Waals surface area contributed by atoms with E-state index in [1.165, 1.54) is 11.4 Å². The highest BCUT2D eigenvalue weighted by Crippen LogP contribution is 2.88. The molecule has 338 valence electrons. The molecule has 7 atom stereocenters. The highest BCUT2D eigenvalue weighted by molar-refractivity contribution is 7.87. The SMILES string of the molecule is CC[C@@H]1C[C@]1(NC(=O)[C@@H]1C[C@@]2(CN1C(=O)[C@@H](NC(=O)C(NC(=O)[C@@H]1CCCCN1C(C)C)C1CCCCC1)C(C)(C)C)C(C)(C)C21CCC1)C(=O)NS(=O)(=O)N(C)C1CC1. The van der Waals surface area contributed by atoms with Gasteiger partial charge in [0.2, 0.25) is 23.6 Å². The Morgan fingerprint density at radius 1 is 0.817 bits per heavy atom. The normalized spacial score (nSPS) is 32.3. The lowest BCUT2D eigenvalue weighted by Gasteiger charge is -2.40. The summed E-state index contributed by atoms with van der Waals surface area (Å²) in [7, 11) is -2.65. The number of rotatable bonds is 14. The third-order valence-corrected chi connectivity index (χ3v) is 18.5. The first kappa shape index (κ1) is 45.3. The summed E-state index contributed by atoms with van der Waals surface area (Å²) in [6, 6.07) is -3.00. The summed E-state index contributed by atoms with van der Waals surface area (Å²) in [4.78, 5) is 76.8. The molecule has 2 saturated heterocycles. The van der Waals surface area contributed by atoms with Gasteiger partial charge in [0.25, 0.3) is 5.91 Å². The van der Waals surface area contributed by atoms with E-state index in [9.17, 15) is 27.6 Å². The van der Waals surface area contributed by atoms with E-state index >= 15 is 4.79 Å². The first-order valence-electron chi connectivity index (χ1n) is 23.4. The van der Waals surface area contributed by atoms with Crippen molar-refractivity contribution in [1.82, 2.24) is 34.8 Å². The number of nitrogens with one attached hydrogen (secondary N) is 4. The van der Waals surface area contributed by atoms with Crippen LogP contribution < -0.4 is 20.7 Å². The van der Waals surface area contributed by atoms with E-state index in [4.69, 9.17) is 0 Å². The summed E-state index contributed by atoms with van der Waals surface area (Å²) < 4.78 is 29.9. The van der Waals surface area contributed by atoms with E-state index in [0.717, 1.165) is 90.0 Å². The van der Waals surface area contributed by atoms with Crippen molar-refractivity contribution in [3.05, 3.63) is 0 Å². The maximum Gasteiger partial charge on any atom is 0.303 e. The lowest BCUT2D eigenvalue weighted by molar-refractivity contribution is -0.145. The molecule has 5 amide bonds. The minimum absolute atomic E-state index is 0.00451. The number of fused-ring (bicyclic) bond motifs is 1. The quantitative estimate of drug-likeness (QED) is 0.199. The fourth-order valence-electron chi connectivity index (χ4n) is 12.6. The van der Waals surface area contributed by atoms with E-state index < -0.39 is 51.1 Å². The molecule has 7 fully saturated rings. The molecule has 0 aromatic rings. The van der Waals surface area contributed by atoms with Crippen LogP contribution in [0.5, 0.6) is 0 Å². The minimum atomic E-state index is -4.11. The molecule has 0 radical (unpaired) electrons. The van der Waals surface area contributed by atoms with Gasteiger partial charge in [0, 0.05) is 31.1 Å². The Hall–Kier alpha value is -2.78. The van der Waals surface area contributed by atoms with Crippen molar-refractivity contribution in [1.29, 1.82) is 0 Å². The van der Waals surface area contributed by atoms with Crippen LogP contribution in [0.4, 0.5) is 0 Å². The Morgan fingerprint density at radius 3 is 2.00 bits per heavy atom. The monoisotopic (exact) mass is 858 g/mol. The molecule has 1 unspecified atom stereocenters. The second-order valence-corrected chi connectivity index (χ2v) is 23.5. The minimum Gasteiger partial charge on any atom is -0.343 e. The average molecular weight is 858 g/mol. The van der Waals surface area contributed by atoms with Crippen LogP contribution in [0.25, 0.3) is 0 Å². The number of hydrogen-bond acceptors (Lipinski definition) is 8. The molecule has 5 aliphatic carbocycles. The van der Waals surface area contributed by atoms with Gasteiger partial charge in [0.1, 0.15) is 23.7 Å². The Morgan fingerprint density at radius 2 is 1.47 bits per heavy atom. The molecule has 4 N–H and O–H groups in total. The molecule has 14 nitrogen and oxygen atoms in total. The molecule has 7 rings (SSSR count). The Balaban J connectivity index is 1.15. The van der Waals surface area contributed by atoms with Gasteiger partial charge in [0.15, 0.2) is 0 Å². The lowest BCUT2D eigenvalue weighted by Crippen LogP contribution is -2.63. The van der Waals surface area contributed by atoms with E-state index in [2.05, 4.69) is 53.3 Å². The Kier molecular flexibility index (Phi) is 12.1. The van der Waals surface area contributed by atoms with Gasteiger partial charge in [-0.15, -0.1) is 0 Å². The van der Waals surface area contributed by atoms with Gasteiger partial charge >= 0.3 is 10.2 Å². The Labute approximate surface area is 359 Å². The zero-order valence-corrected chi connectivity index (χ0v) is 38.8. The fourth-order valence-corrected chi connectivity index (χ4v) is 13.8. The number of likely N-dealkylation sites (tertiary alicyclic amines) is 2. The van der Waals surface area contributed by atoms with Crippen LogP contribution in [0.3, 0.4) is 0 Å². The number of carbonyl (C=O) groups excluding carboxylic acids is 5. The van der Waals surface area contributed by atoms with Gasteiger partial charge in [-0.2, -0.15) is 12.7 Å². The number of amides is 5. The van der Waals surface area contributed by atoms with Gasteiger partial charge in [0.05, 0.1) is 6.04 Å². The van der Waals surface area contributed by atoms with E-state index in [0.29, 0.717) is 25.8 Å². The zero-order chi connectivity index (χ0) is 43.8. The summed E-state index contributed by atoms with van der Waals surface area (Å²) in [6.45, 7) is 17.5. The van der Waals surface area contributed by atoms with Crippen LogP contribution >= 0.6 is 0 Å². The number of carbonyl (C=O) groups is 5. The predicted molar refractivity (Wildman–Crippen MR) is 229 cm³/mol. The van der Waals surface area contributed by atoms with Crippen LogP contribution in [0, 0.1) is 33.5 Å². The molecular formula is C45H75N7O7S. The van der Waals surface area contributed by atoms with Crippen molar-refractivity contribution in [2.45, 2.75) is 200 Å². The topological polar surface area (TPSA) is 177 Å². The van der Waals surface area contributed by atoms with Crippen molar-refractivity contribution in [3.63, 3.8) is 0 Å². The summed E-state index contributed by atoms with van der Waals surface area (Å²) in [5.41, 5.74) is -2.62.